The van der Waals surface area contributed by atoms with Crippen molar-refractivity contribution in [2.75, 3.05) is 44.1 Å². The highest BCUT2D eigenvalue weighted by atomic mass is 32.2. The van der Waals surface area contributed by atoms with Crippen LogP contribution in [0.2, 0.25) is 0 Å². The van der Waals surface area contributed by atoms with Crippen LogP contribution >= 0.6 is 23.5 Å². The van der Waals surface area contributed by atoms with E-state index in [0.29, 0.717) is 24.3 Å². The normalized spacial score (nSPS) is 17.7. The van der Waals surface area contributed by atoms with Crippen LogP contribution in [0, 0.1) is 0 Å². The summed E-state index contributed by atoms with van der Waals surface area (Å²) in [6.07, 6.45) is 9.73. The maximum absolute atomic E-state index is 11.6. The molecule has 176 valence electrons. The minimum Gasteiger partial charge on any atom is -0.465 e. The first-order valence-corrected chi connectivity index (χ1v) is 13.9. The van der Waals surface area contributed by atoms with Gasteiger partial charge < -0.3 is 9.84 Å². The molecule has 1 N–H and O–H groups in total. The Labute approximate surface area is 197 Å². The van der Waals surface area contributed by atoms with Gasteiger partial charge in [0.25, 0.3) is 0 Å². The second-order valence-corrected chi connectivity index (χ2v) is 11.0. The van der Waals surface area contributed by atoms with Gasteiger partial charge in [-0.25, -0.2) is 0 Å². The smallest absolute Gasteiger partial charge is 0.305 e. The first-order chi connectivity index (χ1) is 15.1. The quantitative estimate of drug-likeness (QED) is 0.278. The molecule has 1 aliphatic heterocycles. The molecule has 31 heavy (non-hydrogen) atoms. The van der Waals surface area contributed by atoms with Gasteiger partial charge in [-0.3, -0.25) is 14.7 Å². The van der Waals surface area contributed by atoms with Crippen molar-refractivity contribution >= 4 is 29.5 Å². The summed E-state index contributed by atoms with van der Waals surface area (Å²) in [5.41, 5.74) is 2.56. The molecule has 2 atom stereocenters. The summed E-state index contributed by atoms with van der Waals surface area (Å²) in [5, 5.41) is 9.29. The summed E-state index contributed by atoms with van der Waals surface area (Å²) in [4.78, 5) is 18.7. The van der Waals surface area contributed by atoms with E-state index in [-0.39, 0.29) is 12.6 Å². The van der Waals surface area contributed by atoms with E-state index in [2.05, 4.69) is 42.2 Å². The van der Waals surface area contributed by atoms with Crippen molar-refractivity contribution < 1.29 is 14.6 Å². The molecule has 1 aromatic heterocycles. The molecule has 1 saturated heterocycles. The van der Waals surface area contributed by atoms with Gasteiger partial charge >= 0.3 is 5.97 Å². The van der Waals surface area contributed by atoms with Gasteiger partial charge in [-0.2, -0.15) is 23.5 Å². The van der Waals surface area contributed by atoms with E-state index in [4.69, 9.17) is 9.84 Å². The van der Waals surface area contributed by atoms with Crippen molar-refractivity contribution in [1.82, 2.24) is 9.88 Å². The Morgan fingerprint density at radius 2 is 2.16 bits per heavy atom. The Morgan fingerprint density at radius 3 is 2.87 bits per heavy atom. The first kappa shape index (κ1) is 26.5. The molecule has 0 aromatic carbocycles. The predicted octanol–water partition coefficient (Wildman–Crippen LogP) is 4.73. The van der Waals surface area contributed by atoms with Gasteiger partial charge in [-0.1, -0.05) is 19.4 Å². The molecule has 5 nitrogen and oxygen atoms in total. The fraction of sp³-hybridized carbons (Fsp3) is 0.750. The molecule has 7 heteroatoms. The Bertz CT molecular complexity index is 615. The number of hydrogen-bond donors (Lipinski definition) is 1. The van der Waals surface area contributed by atoms with E-state index >= 15 is 0 Å². The summed E-state index contributed by atoms with van der Waals surface area (Å²) in [7, 11) is 2.21. The third-order valence-corrected chi connectivity index (χ3v) is 8.28. The molecule has 0 spiro atoms. The highest BCUT2D eigenvalue weighted by Crippen LogP contribution is 2.29. The maximum Gasteiger partial charge on any atom is 0.305 e. The minimum atomic E-state index is -0.113. The molecule has 1 aliphatic rings. The number of thioether (sulfide) groups is 2. The number of likely N-dealkylation sites (tertiary alicyclic amines) is 1. The lowest BCUT2D eigenvalue weighted by molar-refractivity contribution is -0.143. The van der Waals surface area contributed by atoms with Crippen LogP contribution in [0.5, 0.6) is 0 Å². The number of hydrogen-bond acceptors (Lipinski definition) is 7. The SMILES string of the molecule is CC(CSCCCc1ccc(C2CCCN2C)cn1)SCCOC(=O)CCCCCO. The molecule has 0 amide bonds. The summed E-state index contributed by atoms with van der Waals surface area (Å²) in [5.74, 6) is 3.02. The van der Waals surface area contributed by atoms with Gasteiger partial charge in [0.2, 0.25) is 0 Å². The average Bonchev–Trinajstić information content (AvgIpc) is 3.20. The van der Waals surface area contributed by atoms with E-state index in [1.165, 1.54) is 30.6 Å². The van der Waals surface area contributed by atoms with Crippen LogP contribution in [0.1, 0.15) is 69.2 Å². The number of carbonyl (C=O) groups is 1. The highest BCUT2D eigenvalue weighted by molar-refractivity contribution is 8.03. The van der Waals surface area contributed by atoms with Crippen LogP contribution in [-0.4, -0.2) is 70.3 Å². The lowest BCUT2D eigenvalue weighted by atomic mass is 10.1. The number of nitrogens with zero attached hydrogens (tertiary/aromatic N) is 2. The Morgan fingerprint density at radius 1 is 1.29 bits per heavy atom. The fourth-order valence-corrected chi connectivity index (χ4v) is 5.90. The topological polar surface area (TPSA) is 62.7 Å². The number of pyridine rings is 1. The van der Waals surface area contributed by atoms with Gasteiger partial charge in [-0.05, 0) is 69.5 Å². The van der Waals surface area contributed by atoms with Crippen LogP contribution in [0.4, 0.5) is 0 Å². The van der Waals surface area contributed by atoms with Gasteiger partial charge in [-0.15, -0.1) is 0 Å². The number of aryl methyl sites for hydroxylation is 1. The predicted molar refractivity (Wildman–Crippen MR) is 133 cm³/mol. The Hall–Kier alpha value is -0.760. The third-order valence-electron chi connectivity index (χ3n) is 5.61. The molecule has 2 heterocycles. The van der Waals surface area contributed by atoms with E-state index < -0.39 is 0 Å². The molecule has 2 rings (SSSR count). The molecule has 0 aliphatic carbocycles. The minimum absolute atomic E-state index is 0.113. The lowest BCUT2D eigenvalue weighted by Gasteiger charge is -2.19. The van der Waals surface area contributed by atoms with E-state index in [1.807, 2.05) is 23.5 Å². The standard InChI is InChI=1S/C24H40N2O3S2/c1-20(31-17-15-29-24(28)10-4-3-5-14-27)19-30-16-7-8-22-12-11-21(18-25-22)23-9-6-13-26(23)2/h11-12,18,20,23,27H,3-10,13-17,19H2,1-2H3. The van der Waals surface area contributed by atoms with Gasteiger partial charge in [0.15, 0.2) is 0 Å². The zero-order valence-corrected chi connectivity index (χ0v) is 20.9. The number of aliphatic hydroxyl groups is 1. The van der Waals surface area contributed by atoms with E-state index in [1.54, 1.807) is 0 Å². The molecule has 0 saturated carbocycles. The average molecular weight is 469 g/mol. The third kappa shape index (κ3) is 11.1. The van der Waals surface area contributed by atoms with E-state index in [9.17, 15) is 4.79 Å². The molecule has 2 unspecified atom stereocenters. The molecule has 0 bridgehead atoms. The Balaban J connectivity index is 1.46. The van der Waals surface area contributed by atoms with Crippen LogP contribution < -0.4 is 0 Å². The van der Waals surface area contributed by atoms with Crippen LogP contribution in [0.3, 0.4) is 0 Å². The largest absolute Gasteiger partial charge is 0.465 e. The zero-order chi connectivity index (χ0) is 22.3. The fourth-order valence-electron chi connectivity index (χ4n) is 3.80. The zero-order valence-electron chi connectivity index (χ0n) is 19.3. The highest BCUT2D eigenvalue weighted by Gasteiger charge is 2.22. The number of carbonyl (C=O) groups excluding carboxylic acids is 1. The van der Waals surface area contributed by atoms with Gasteiger partial charge in [0, 0.05) is 47.7 Å². The molecule has 0 radical (unpaired) electrons. The van der Waals surface area contributed by atoms with Crippen molar-refractivity contribution in [1.29, 1.82) is 0 Å². The number of esters is 1. The summed E-state index contributed by atoms with van der Waals surface area (Å²) < 4.78 is 5.27. The summed E-state index contributed by atoms with van der Waals surface area (Å²) >= 11 is 3.87. The molecular formula is C24H40N2O3S2. The second-order valence-electron chi connectivity index (χ2n) is 8.34. The second kappa shape index (κ2) is 15.9. The van der Waals surface area contributed by atoms with Crippen molar-refractivity contribution in [2.45, 2.75) is 69.6 Å². The van der Waals surface area contributed by atoms with Crippen LogP contribution in [0.15, 0.2) is 18.3 Å². The molecule has 1 aromatic rings. The lowest BCUT2D eigenvalue weighted by Crippen LogP contribution is -2.17. The number of aliphatic hydroxyl groups excluding tert-OH is 1. The number of rotatable bonds is 16. The summed E-state index contributed by atoms with van der Waals surface area (Å²) in [6, 6.07) is 5.03. The molecule has 1 fully saturated rings. The first-order valence-electron chi connectivity index (χ1n) is 11.7. The van der Waals surface area contributed by atoms with E-state index in [0.717, 1.165) is 49.4 Å². The van der Waals surface area contributed by atoms with Gasteiger partial charge in [0.05, 0.1) is 0 Å². The monoisotopic (exact) mass is 468 g/mol. The van der Waals surface area contributed by atoms with Crippen LogP contribution in [0.25, 0.3) is 0 Å². The molecular weight excluding hydrogens is 428 g/mol. The maximum atomic E-state index is 11.6. The van der Waals surface area contributed by atoms with Crippen LogP contribution in [-0.2, 0) is 16.0 Å². The summed E-state index contributed by atoms with van der Waals surface area (Å²) in [6.45, 7) is 4.13. The van der Waals surface area contributed by atoms with Crippen molar-refractivity contribution in [2.24, 2.45) is 0 Å². The number of unbranched alkanes of at least 4 members (excludes halogenated alkanes) is 2. The van der Waals surface area contributed by atoms with Crippen molar-refractivity contribution in [3.8, 4) is 0 Å². The Kier molecular flexibility index (Phi) is 13.6. The van der Waals surface area contributed by atoms with Crippen molar-refractivity contribution in [3.63, 3.8) is 0 Å². The van der Waals surface area contributed by atoms with Gasteiger partial charge in [0.1, 0.15) is 6.61 Å². The number of ether oxygens (including phenoxy) is 1. The number of aromatic nitrogens is 1. The van der Waals surface area contributed by atoms with Crippen molar-refractivity contribution in [3.05, 3.63) is 29.6 Å².